The first-order valence-electron chi connectivity index (χ1n) is 8.25. The maximum atomic E-state index is 12.6. The number of anilines is 1. The molecule has 1 aromatic carbocycles. The minimum atomic E-state index is -4.03. The highest BCUT2D eigenvalue weighted by Gasteiger charge is 2.20. The molecule has 0 saturated heterocycles. The van der Waals surface area contributed by atoms with Crippen LogP contribution in [0.2, 0.25) is 0 Å². The number of rotatable bonds is 6. The second-order valence-electron chi connectivity index (χ2n) is 5.63. The van der Waals surface area contributed by atoms with Gasteiger partial charge in [-0.25, -0.2) is 14.8 Å². The van der Waals surface area contributed by atoms with E-state index < -0.39 is 16.0 Å². The van der Waals surface area contributed by atoms with E-state index in [1.54, 1.807) is 18.2 Å². The highest BCUT2D eigenvalue weighted by atomic mass is 32.2. The zero-order valence-electron chi connectivity index (χ0n) is 15.7. The lowest BCUT2D eigenvalue weighted by atomic mass is 10.2. The minimum Gasteiger partial charge on any atom is -0.495 e. The third kappa shape index (κ3) is 4.86. The van der Waals surface area contributed by atoms with Crippen LogP contribution in [0.15, 0.2) is 46.8 Å². The van der Waals surface area contributed by atoms with E-state index >= 15 is 0 Å². The van der Waals surface area contributed by atoms with Crippen LogP contribution in [0.5, 0.6) is 11.6 Å². The molecule has 3 rings (SSSR count). The van der Waals surface area contributed by atoms with Crippen LogP contribution in [0, 0.1) is 11.8 Å². The van der Waals surface area contributed by atoms with Gasteiger partial charge in [-0.1, -0.05) is 6.07 Å². The average molecular weight is 445 g/mol. The van der Waals surface area contributed by atoms with E-state index in [4.69, 9.17) is 14.6 Å². The smallest absolute Gasteiger partial charge is 0.335 e. The normalized spacial score (nSPS) is 10.6. The van der Waals surface area contributed by atoms with Crippen molar-refractivity contribution in [3.8, 4) is 23.5 Å². The molecule has 2 N–H and O–H groups in total. The van der Waals surface area contributed by atoms with Gasteiger partial charge in [-0.15, -0.1) is 11.3 Å². The summed E-state index contributed by atoms with van der Waals surface area (Å²) in [6.45, 7) is 0. The molecular weight excluding hydrogens is 430 g/mol. The first-order valence-corrected chi connectivity index (χ1v) is 10.6. The Labute approximate surface area is 176 Å². The molecule has 0 aliphatic carbocycles. The molecule has 2 aromatic heterocycles. The van der Waals surface area contributed by atoms with Gasteiger partial charge in [-0.2, -0.15) is 8.42 Å². The molecule has 0 aliphatic rings. The number of hydrogen-bond donors (Lipinski definition) is 2. The number of aromatic nitrogens is 2. The lowest BCUT2D eigenvalue weighted by molar-refractivity contribution is 0.0696. The Balaban J connectivity index is 1.83. The number of sulfonamides is 1. The number of pyridine rings is 1. The number of ether oxygens (including phenoxy) is 2. The van der Waals surface area contributed by atoms with Crippen molar-refractivity contribution < 1.29 is 27.8 Å². The molecule has 0 atom stereocenters. The van der Waals surface area contributed by atoms with E-state index in [1.807, 2.05) is 0 Å². The van der Waals surface area contributed by atoms with E-state index in [2.05, 4.69) is 26.5 Å². The van der Waals surface area contributed by atoms with E-state index in [-0.39, 0.29) is 27.0 Å². The lowest BCUT2D eigenvalue weighted by Crippen LogP contribution is -2.14. The van der Waals surface area contributed by atoms with Crippen LogP contribution in [0.25, 0.3) is 0 Å². The quantitative estimate of drug-likeness (QED) is 0.554. The fraction of sp³-hybridized carbons (Fsp3) is 0.105. The topological polar surface area (TPSA) is 128 Å². The molecule has 0 radical (unpaired) electrons. The number of carboxylic acids is 1. The first kappa shape index (κ1) is 21.1. The number of hydrogen-bond acceptors (Lipinski definition) is 8. The third-order valence-corrected chi connectivity index (χ3v) is 5.84. The van der Waals surface area contributed by atoms with Crippen LogP contribution in [0.3, 0.4) is 0 Å². The molecule has 154 valence electrons. The fourth-order valence-electron chi connectivity index (χ4n) is 2.26. The number of nitrogens with one attached hydrogen (secondary N) is 1. The highest BCUT2D eigenvalue weighted by Crippen LogP contribution is 2.28. The van der Waals surface area contributed by atoms with Crippen LogP contribution in [0.1, 0.15) is 21.1 Å². The molecule has 2 heterocycles. The summed E-state index contributed by atoms with van der Waals surface area (Å²) in [5.41, 5.74) is 0.506. The zero-order chi connectivity index (χ0) is 21.7. The number of aromatic carboxylic acids is 1. The Morgan fingerprint density at radius 2 is 1.93 bits per heavy atom. The molecule has 11 heteroatoms. The van der Waals surface area contributed by atoms with Gasteiger partial charge in [0.05, 0.1) is 25.5 Å². The summed E-state index contributed by atoms with van der Waals surface area (Å²) in [6.07, 6.45) is 0. The van der Waals surface area contributed by atoms with Crippen molar-refractivity contribution in [2.24, 2.45) is 0 Å². The molecule has 0 unspecified atom stereocenters. The summed E-state index contributed by atoms with van der Waals surface area (Å²) in [5.74, 6) is 4.89. The number of thiazole rings is 1. The van der Waals surface area contributed by atoms with Crippen molar-refractivity contribution in [1.29, 1.82) is 0 Å². The number of methoxy groups -OCH3 is 2. The van der Waals surface area contributed by atoms with Gasteiger partial charge in [0, 0.05) is 11.4 Å². The zero-order valence-corrected chi connectivity index (χ0v) is 17.4. The predicted octanol–water partition coefficient (Wildman–Crippen LogP) is 2.45. The van der Waals surface area contributed by atoms with Crippen molar-refractivity contribution in [1.82, 2.24) is 9.97 Å². The first-order chi connectivity index (χ1) is 14.3. The monoisotopic (exact) mass is 445 g/mol. The van der Waals surface area contributed by atoms with Crippen molar-refractivity contribution in [2.45, 2.75) is 5.03 Å². The molecule has 0 fully saturated rings. The van der Waals surface area contributed by atoms with E-state index in [0.29, 0.717) is 11.6 Å². The molecule has 0 amide bonds. The van der Waals surface area contributed by atoms with E-state index in [9.17, 15) is 13.2 Å². The van der Waals surface area contributed by atoms with Gasteiger partial charge in [0.15, 0.2) is 10.0 Å². The fourth-order valence-corrected chi connectivity index (χ4v) is 4.27. The van der Waals surface area contributed by atoms with Crippen LogP contribution >= 0.6 is 11.3 Å². The Morgan fingerprint density at radius 1 is 1.13 bits per heavy atom. The number of carbonyl (C=O) groups is 1. The SMILES string of the molecule is COc1cccc(C#Cc2nc(S(=O)(=O)Nc3ccc(C(=O)O)cc3OC)cs2)n1. The maximum Gasteiger partial charge on any atom is 0.335 e. The molecule has 3 aromatic rings. The molecule has 0 spiro atoms. The predicted molar refractivity (Wildman–Crippen MR) is 110 cm³/mol. The maximum absolute atomic E-state index is 12.6. The van der Waals surface area contributed by atoms with Crippen LogP contribution in [-0.2, 0) is 10.0 Å². The molecule has 30 heavy (non-hydrogen) atoms. The summed E-state index contributed by atoms with van der Waals surface area (Å²) in [7, 11) is -1.23. The van der Waals surface area contributed by atoms with Crippen molar-refractivity contribution in [3.05, 3.63) is 58.0 Å². The number of benzene rings is 1. The van der Waals surface area contributed by atoms with Gasteiger partial charge in [0.1, 0.15) is 11.4 Å². The third-order valence-electron chi connectivity index (χ3n) is 3.68. The standard InChI is InChI=1S/C19H15N3O6S2/c1-27-15-10-12(19(23)24)6-8-14(15)22-30(25,26)18-11-29-17(21-18)9-7-13-4-3-5-16(20-13)28-2/h3-6,8,10-11,22H,1-2H3,(H,23,24). The molecular formula is C19H15N3O6S2. The van der Waals surface area contributed by atoms with Gasteiger partial charge < -0.3 is 14.6 Å². The Hall–Kier alpha value is -3.62. The molecule has 0 saturated carbocycles. The molecule has 0 bridgehead atoms. The summed E-state index contributed by atoms with van der Waals surface area (Å²) < 4.78 is 37.7. The van der Waals surface area contributed by atoms with E-state index in [1.165, 1.54) is 37.8 Å². The van der Waals surface area contributed by atoms with E-state index in [0.717, 1.165) is 11.3 Å². The largest absolute Gasteiger partial charge is 0.495 e. The van der Waals surface area contributed by atoms with Crippen molar-refractivity contribution in [2.75, 3.05) is 18.9 Å². The summed E-state index contributed by atoms with van der Waals surface area (Å²) >= 11 is 1.06. The molecule has 0 aliphatic heterocycles. The number of carboxylic acid groups (broad SMARTS) is 1. The van der Waals surface area contributed by atoms with Gasteiger partial charge >= 0.3 is 5.97 Å². The molecule has 9 nitrogen and oxygen atoms in total. The Bertz CT molecular complexity index is 1260. The lowest BCUT2D eigenvalue weighted by Gasteiger charge is -2.11. The summed E-state index contributed by atoms with van der Waals surface area (Å²) in [4.78, 5) is 19.3. The highest BCUT2D eigenvalue weighted by molar-refractivity contribution is 7.92. The van der Waals surface area contributed by atoms with Crippen LogP contribution in [0.4, 0.5) is 5.69 Å². The Morgan fingerprint density at radius 3 is 2.63 bits per heavy atom. The minimum absolute atomic E-state index is 0.0350. The van der Waals surface area contributed by atoms with Crippen LogP contribution in [-0.4, -0.2) is 43.7 Å². The van der Waals surface area contributed by atoms with Crippen LogP contribution < -0.4 is 14.2 Å². The van der Waals surface area contributed by atoms with Crippen molar-refractivity contribution >= 4 is 33.0 Å². The summed E-state index contributed by atoms with van der Waals surface area (Å²) in [5, 5.41) is 10.5. The average Bonchev–Trinajstić information content (AvgIpc) is 3.22. The van der Waals surface area contributed by atoms with Gasteiger partial charge in [-0.05, 0) is 36.1 Å². The summed E-state index contributed by atoms with van der Waals surface area (Å²) in [6, 6.07) is 8.90. The second-order valence-corrected chi connectivity index (χ2v) is 8.12. The van der Waals surface area contributed by atoms with Gasteiger partial charge in [-0.3, -0.25) is 4.72 Å². The van der Waals surface area contributed by atoms with Crippen molar-refractivity contribution in [3.63, 3.8) is 0 Å². The van der Waals surface area contributed by atoms with Gasteiger partial charge in [0.25, 0.3) is 10.0 Å². The second kappa shape index (κ2) is 8.81. The van der Waals surface area contributed by atoms with Gasteiger partial charge in [0.2, 0.25) is 5.88 Å². The Kier molecular flexibility index (Phi) is 6.20. The number of nitrogens with zero attached hydrogens (tertiary/aromatic N) is 2.